The van der Waals surface area contributed by atoms with Gasteiger partial charge in [-0.3, -0.25) is 4.79 Å². The summed E-state index contributed by atoms with van der Waals surface area (Å²) in [5.41, 5.74) is 1.89. The second-order valence-corrected chi connectivity index (χ2v) is 6.05. The first-order valence-electron chi connectivity index (χ1n) is 8.15. The van der Waals surface area contributed by atoms with Crippen LogP contribution in [0.1, 0.15) is 6.42 Å². The highest BCUT2D eigenvalue weighted by Gasteiger charge is 2.24. The van der Waals surface area contributed by atoms with Crippen LogP contribution >= 0.6 is 0 Å². The molecule has 0 aliphatic carbocycles. The predicted octanol–water partition coefficient (Wildman–Crippen LogP) is 1.83. The average Bonchev–Trinajstić information content (AvgIpc) is 3.23. The number of aromatic nitrogens is 3. The summed E-state index contributed by atoms with van der Waals surface area (Å²) < 4.78 is 1.89. The van der Waals surface area contributed by atoms with Gasteiger partial charge in [0.2, 0.25) is 5.91 Å². The third kappa shape index (κ3) is 2.95. The molecule has 3 heterocycles. The van der Waals surface area contributed by atoms with Gasteiger partial charge in [-0.2, -0.15) is 0 Å². The van der Waals surface area contributed by atoms with Gasteiger partial charge >= 0.3 is 0 Å². The van der Waals surface area contributed by atoms with E-state index in [0.29, 0.717) is 6.54 Å². The molecule has 0 spiro atoms. The van der Waals surface area contributed by atoms with E-state index in [1.807, 2.05) is 47.0 Å². The lowest BCUT2D eigenvalue weighted by atomic mass is 10.2. The molecule has 0 saturated carbocycles. The Balaban J connectivity index is 1.37. The van der Waals surface area contributed by atoms with Crippen molar-refractivity contribution in [3.63, 3.8) is 0 Å². The van der Waals surface area contributed by atoms with Crippen molar-refractivity contribution >= 4 is 22.8 Å². The van der Waals surface area contributed by atoms with E-state index in [0.717, 1.165) is 36.4 Å². The number of rotatable bonds is 4. The molecule has 1 saturated heterocycles. The van der Waals surface area contributed by atoms with E-state index in [2.05, 4.69) is 20.2 Å². The molecule has 1 atom stereocenters. The minimum absolute atomic E-state index is 0.0195. The van der Waals surface area contributed by atoms with Gasteiger partial charge in [0, 0.05) is 25.3 Å². The number of carbonyl (C=O) groups excluding carboxylic acids is 1. The molecular formula is C18H19N5O. The van der Waals surface area contributed by atoms with E-state index < -0.39 is 0 Å². The normalized spacial score (nSPS) is 17.3. The number of imidazole rings is 1. The summed E-state index contributed by atoms with van der Waals surface area (Å²) in [5.74, 6) is 0.987. The fourth-order valence-corrected chi connectivity index (χ4v) is 3.19. The average molecular weight is 321 g/mol. The summed E-state index contributed by atoms with van der Waals surface area (Å²) in [4.78, 5) is 23.3. The van der Waals surface area contributed by atoms with Crippen molar-refractivity contribution in [2.45, 2.75) is 19.0 Å². The van der Waals surface area contributed by atoms with Crippen molar-refractivity contribution in [1.82, 2.24) is 19.9 Å². The predicted molar refractivity (Wildman–Crippen MR) is 92.7 cm³/mol. The first-order valence-corrected chi connectivity index (χ1v) is 8.15. The number of nitrogens with one attached hydrogen (secondary N) is 1. The van der Waals surface area contributed by atoms with Gasteiger partial charge in [-0.25, -0.2) is 9.97 Å². The second-order valence-electron chi connectivity index (χ2n) is 6.05. The number of benzene rings is 1. The highest BCUT2D eigenvalue weighted by Crippen LogP contribution is 2.17. The summed E-state index contributed by atoms with van der Waals surface area (Å²) in [5, 5.41) is 3.12. The number of nitrogens with zero attached hydrogens (tertiary/aromatic N) is 4. The minimum Gasteiger partial charge on any atom is -0.354 e. The molecule has 1 fully saturated rings. The number of carbonyl (C=O) groups is 1. The van der Waals surface area contributed by atoms with Crippen LogP contribution in [0, 0.1) is 0 Å². The summed E-state index contributed by atoms with van der Waals surface area (Å²) in [7, 11) is 0. The molecule has 24 heavy (non-hydrogen) atoms. The van der Waals surface area contributed by atoms with Crippen molar-refractivity contribution in [1.29, 1.82) is 0 Å². The minimum atomic E-state index is 0.0195. The molecule has 4 rings (SSSR count). The van der Waals surface area contributed by atoms with Crippen LogP contribution in [0.4, 0.5) is 5.82 Å². The van der Waals surface area contributed by atoms with E-state index >= 15 is 0 Å². The topological polar surface area (TPSA) is 63.1 Å². The highest BCUT2D eigenvalue weighted by atomic mass is 16.2. The Bertz CT molecular complexity index is 845. The smallest absolute Gasteiger partial charge is 0.240 e. The van der Waals surface area contributed by atoms with Crippen LogP contribution < -0.4 is 10.2 Å². The van der Waals surface area contributed by atoms with Crippen molar-refractivity contribution in [3.8, 4) is 0 Å². The van der Waals surface area contributed by atoms with Crippen LogP contribution in [0.2, 0.25) is 0 Å². The zero-order valence-electron chi connectivity index (χ0n) is 13.3. The molecule has 3 aromatic rings. The van der Waals surface area contributed by atoms with Gasteiger partial charge in [0.25, 0.3) is 0 Å². The van der Waals surface area contributed by atoms with E-state index in [4.69, 9.17) is 0 Å². The zero-order valence-corrected chi connectivity index (χ0v) is 13.3. The van der Waals surface area contributed by atoms with E-state index in [1.165, 1.54) is 0 Å². The Morgan fingerprint density at radius 2 is 2.04 bits per heavy atom. The number of fused-ring (bicyclic) bond motifs is 1. The molecule has 1 unspecified atom stereocenters. The van der Waals surface area contributed by atoms with Gasteiger partial charge in [0.05, 0.1) is 17.4 Å². The molecule has 1 aromatic carbocycles. The van der Waals surface area contributed by atoms with E-state index in [1.54, 1.807) is 12.5 Å². The van der Waals surface area contributed by atoms with Crippen LogP contribution in [0.15, 0.2) is 55.0 Å². The summed E-state index contributed by atoms with van der Waals surface area (Å²) in [6.45, 7) is 2.00. The first kappa shape index (κ1) is 14.7. The third-order valence-corrected chi connectivity index (χ3v) is 4.37. The fraction of sp³-hybridized carbons (Fsp3) is 0.278. The first-order chi connectivity index (χ1) is 11.8. The van der Waals surface area contributed by atoms with Crippen molar-refractivity contribution in [2.75, 3.05) is 18.0 Å². The van der Waals surface area contributed by atoms with Gasteiger partial charge < -0.3 is 14.8 Å². The molecule has 122 valence electrons. The maximum atomic E-state index is 12.4. The molecule has 1 amide bonds. The number of hydrogen-bond acceptors (Lipinski definition) is 4. The van der Waals surface area contributed by atoms with Crippen molar-refractivity contribution < 1.29 is 4.79 Å². The molecule has 0 radical (unpaired) electrons. The Morgan fingerprint density at radius 3 is 2.92 bits per heavy atom. The number of amides is 1. The van der Waals surface area contributed by atoms with Gasteiger partial charge in [-0.1, -0.05) is 18.2 Å². The zero-order chi connectivity index (χ0) is 16.4. The second kappa shape index (κ2) is 6.31. The SMILES string of the molecule is O=C(Cn1cnc2ccccc21)NC1CCN(c2ccccn2)C1. The number of pyridine rings is 1. The number of anilines is 1. The monoisotopic (exact) mass is 321 g/mol. The Hall–Kier alpha value is -2.89. The van der Waals surface area contributed by atoms with Crippen LogP contribution in [0.25, 0.3) is 11.0 Å². The molecule has 6 heteroatoms. The number of para-hydroxylation sites is 2. The molecule has 1 aliphatic heterocycles. The van der Waals surface area contributed by atoms with Crippen molar-refractivity contribution in [3.05, 3.63) is 55.0 Å². The molecule has 2 aromatic heterocycles. The maximum absolute atomic E-state index is 12.4. The van der Waals surface area contributed by atoms with E-state index in [9.17, 15) is 4.79 Å². The van der Waals surface area contributed by atoms with Gasteiger partial charge in [-0.05, 0) is 30.7 Å². The van der Waals surface area contributed by atoms with Gasteiger partial charge in [0.15, 0.2) is 0 Å². The molecule has 6 nitrogen and oxygen atoms in total. The quantitative estimate of drug-likeness (QED) is 0.796. The lowest BCUT2D eigenvalue weighted by Crippen LogP contribution is -2.38. The Morgan fingerprint density at radius 1 is 1.17 bits per heavy atom. The van der Waals surface area contributed by atoms with Crippen LogP contribution in [0.5, 0.6) is 0 Å². The largest absolute Gasteiger partial charge is 0.354 e. The van der Waals surface area contributed by atoms with Crippen molar-refractivity contribution in [2.24, 2.45) is 0 Å². The molecule has 1 N–H and O–H groups in total. The lowest BCUT2D eigenvalue weighted by Gasteiger charge is -2.17. The standard InChI is InChI=1S/C18H19N5O/c24-18(12-23-13-20-15-5-1-2-6-16(15)23)21-14-8-10-22(11-14)17-7-3-4-9-19-17/h1-7,9,13-14H,8,10-12H2,(H,21,24). The summed E-state index contributed by atoms with van der Waals surface area (Å²) in [6, 6.07) is 13.9. The van der Waals surface area contributed by atoms with Crippen LogP contribution in [-0.2, 0) is 11.3 Å². The molecule has 0 bridgehead atoms. The van der Waals surface area contributed by atoms with Crippen LogP contribution in [-0.4, -0.2) is 39.6 Å². The number of hydrogen-bond donors (Lipinski definition) is 1. The summed E-state index contributed by atoms with van der Waals surface area (Å²) in [6.07, 6.45) is 4.46. The summed E-state index contributed by atoms with van der Waals surface area (Å²) >= 11 is 0. The van der Waals surface area contributed by atoms with Crippen LogP contribution in [0.3, 0.4) is 0 Å². The van der Waals surface area contributed by atoms with Gasteiger partial charge in [0.1, 0.15) is 12.4 Å². The molecule has 1 aliphatic rings. The van der Waals surface area contributed by atoms with Gasteiger partial charge in [-0.15, -0.1) is 0 Å². The molecular weight excluding hydrogens is 302 g/mol. The Labute approximate surface area is 140 Å². The highest BCUT2D eigenvalue weighted by molar-refractivity contribution is 5.80. The van der Waals surface area contributed by atoms with E-state index in [-0.39, 0.29) is 11.9 Å². The maximum Gasteiger partial charge on any atom is 0.240 e. The third-order valence-electron chi connectivity index (χ3n) is 4.37. The fourth-order valence-electron chi connectivity index (χ4n) is 3.19. The lowest BCUT2D eigenvalue weighted by molar-refractivity contribution is -0.122. The Kier molecular flexibility index (Phi) is 3.86.